The first-order valence-corrected chi connectivity index (χ1v) is 7.53. The van der Waals surface area contributed by atoms with E-state index in [9.17, 15) is 4.79 Å². The van der Waals surface area contributed by atoms with Crippen molar-refractivity contribution >= 4 is 5.91 Å². The third kappa shape index (κ3) is 2.85. The van der Waals surface area contributed by atoms with Crippen LogP contribution in [0.2, 0.25) is 0 Å². The monoisotopic (exact) mass is 300 g/mol. The Kier molecular flexibility index (Phi) is 4.15. The van der Waals surface area contributed by atoms with Crippen LogP contribution in [0.5, 0.6) is 0 Å². The number of amides is 1. The fourth-order valence-corrected chi connectivity index (χ4v) is 2.94. The molecule has 1 aliphatic heterocycles. The lowest BCUT2D eigenvalue weighted by molar-refractivity contribution is 0.0573. The van der Waals surface area contributed by atoms with Crippen LogP contribution in [-0.4, -0.2) is 50.1 Å². The maximum Gasteiger partial charge on any atom is 0.254 e. The van der Waals surface area contributed by atoms with E-state index in [1.54, 1.807) is 4.68 Å². The Labute approximate surface area is 129 Å². The van der Waals surface area contributed by atoms with Gasteiger partial charge in [0.15, 0.2) is 0 Å². The molecule has 22 heavy (non-hydrogen) atoms. The van der Waals surface area contributed by atoms with Crippen LogP contribution in [0.4, 0.5) is 0 Å². The van der Waals surface area contributed by atoms with Crippen molar-refractivity contribution in [1.29, 1.82) is 0 Å². The SMILES string of the molecule is CC1CCN(C(=O)c2ccc(-n3cnnn3)cc2)C(CN)C1. The lowest BCUT2D eigenvalue weighted by Gasteiger charge is -2.38. The first kappa shape index (κ1) is 14.6. The van der Waals surface area contributed by atoms with Gasteiger partial charge in [-0.1, -0.05) is 6.92 Å². The van der Waals surface area contributed by atoms with Gasteiger partial charge in [0, 0.05) is 24.7 Å². The number of aromatic nitrogens is 4. The van der Waals surface area contributed by atoms with Gasteiger partial charge in [-0.2, -0.15) is 0 Å². The quantitative estimate of drug-likeness (QED) is 0.908. The molecule has 1 aromatic carbocycles. The second kappa shape index (κ2) is 6.23. The van der Waals surface area contributed by atoms with E-state index in [1.807, 2.05) is 29.2 Å². The highest BCUT2D eigenvalue weighted by Crippen LogP contribution is 2.23. The second-order valence-electron chi connectivity index (χ2n) is 5.82. The summed E-state index contributed by atoms with van der Waals surface area (Å²) in [4.78, 5) is 14.6. The van der Waals surface area contributed by atoms with Crippen LogP contribution in [0.25, 0.3) is 5.69 Å². The number of carbonyl (C=O) groups is 1. The van der Waals surface area contributed by atoms with Crippen molar-refractivity contribution in [3.05, 3.63) is 36.2 Å². The van der Waals surface area contributed by atoms with Crippen LogP contribution < -0.4 is 5.73 Å². The zero-order valence-corrected chi connectivity index (χ0v) is 12.6. The smallest absolute Gasteiger partial charge is 0.254 e. The van der Waals surface area contributed by atoms with E-state index in [0.717, 1.165) is 25.1 Å². The third-order valence-electron chi connectivity index (χ3n) is 4.24. The number of rotatable bonds is 3. The minimum absolute atomic E-state index is 0.0469. The second-order valence-corrected chi connectivity index (χ2v) is 5.82. The van der Waals surface area contributed by atoms with E-state index in [-0.39, 0.29) is 11.9 Å². The summed E-state index contributed by atoms with van der Waals surface area (Å²) in [6, 6.07) is 7.44. The first-order chi connectivity index (χ1) is 10.7. The number of tetrazole rings is 1. The number of likely N-dealkylation sites (tertiary alicyclic amines) is 1. The summed E-state index contributed by atoms with van der Waals surface area (Å²) in [6.45, 7) is 3.50. The lowest BCUT2D eigenvalue weighted by atomic mass is 9.92. The van der Waals surface area contributed by atoms with E-state index >= 15 is 0 Å². The molecule has 1 aliphatic rings. The van der Waals surface area contributed by atoms with E-state index in [1.165, 1.54) is 6.33 Å². The number of nitrogens with two attached hydrogens (primary N) is 1. The van der Waals surface area contributed by atoms with E-state index < -0.39 is 0 Å². The summed E-state index contributed by atoms with van der Waals surface area (Å²) >= 11 is 0. The van der Waals surface area contributed by atoms with Crippen molar-refractivity contribution in [2.75, 3.05) is 13.1 Å². The molecule has 2 heterocycles. The van der Waals surface area contributed by atoms with Gasteiger partial charge in [0.2, 0.25) is 0 Å². The zero-order valence-electron chi connectivity index (χ0n) is 12.6. The van der Waals surface area contributed by atoms with Crippen LogP contribution in [-0.2, 0) is 0 Å². The fourth-order valence-electron chi connectivity index (χ4n) is 2.94. The summed E-state index contributed by atoms with van der Waals surface area (Å²) in [5, 5.41) is 11.0. The molecule has 0 spiro atoms. The minimum atomic E-state index is 0.0469. The maximum atomic E-state index is 12.7. The molecule has 116 valence electrons. The first-order valence-electron chi connectivity index (χ1n) is 7.53. The molecular formula is C15H20N6O. The molecule has 2 unspecified atom stereocenters. The number of hydrogen-bond donors (Lipinski definition) is 1. The Morgan fingerprint density at radius 1 is 1.36 bits per heavy atom. The predicted octanol–water partition coefficient (Wildman–Crippen LogP) is 0.862. The predicted molar refractivity (Wildman–Crippen MR) is 81.4 cm³/mol. The average molecular weight is 300 g/mol. The fraction of sp³-hybridized carbons (Fsp3) is 0.467. The summed E-state index contributed by atoms with van der Waals surface area (Å²) in [5.74, 6) is 0.672. The van der Waals surface area contributed by atoms with Gasteiger partial charge in [-0.25, -0.2) is 4.68 Å². The van der Waals surface area contributed by atoms with Crippen LogP contribution >= 0.6 is 0 Å². The summed E-state index contributed by atoms with van der Waals surface area (Å²) < 4.78 is 1.56. The Morgan fingerprint density at radius 3 is 2.77 bits per heavy atom. The molecule has 0 radical (unpaired) electrons. The number of benzene rings is 1. The van der Waals surface area contributed by atoms with E-state index in [4.69, 9.17) is 5.73 Å². The molecule has 7 nitrogen and oxygen atoms in total. The van der Waals surface area contributed by atoms with Crippen molar-refractivity contribution in [2.24, 2.45) is 11.7 Å². The van der Waals surface area contributed by atoms with Gasteiger partial charge < -0.3 is 10.6 Å². The summed E-state index contributed by atoms with van der Waals surface area (Å²) in [5.41, 5.74) is 7.34. The van der Waals surface area contributed by atoms with E-state index in [2.05, 4.69) is 22.4 Å². The zero-order chi connectivity index (χ0) is 15.5. The minimum Gasteiger partial charge on any atom is -0.334 e. The molecule has 0 saturated carbocycles. The molecule has 2 N–H and O–H groups in total. The molecule has 1 amide bonds. The normalized spacial score (nSPS) is 21.8. The van der Waals surface area contributed by atoms with Crippen LogP contribution in [0.15, 0.2) is 30.6 Å². The third-order valence-corrected chi connectivity index (χ3v) is 4.24. The van der Waals surface area contributed by atoms with Gasteiger partial charge >= 0.3 is 0 Å². The molecule has 0 bridgehead atoms. The lowest BCUT2D eigenvalue weighted by Crippen LogP contribution is -2.49. The Hall–Kier alpha value is -2.28. The Bertz CT molecular complexity index is 624. The van der Waals surface area contributed by atoms with Crippen molar-refractivity contribution in [2.45, 2.75) is 25.8 Å². The average Bonchev–Trinajstić information content (AvgIpc) is 3.08. The van der Waals surface area contributed by atoms with Crippen molar-refractivity contribution in [3.63, 3.8) is 0 Å². The van der Waals surface area contributed by atoms with Gasteiger partial charge in [-0.15, -0.1) is 5.10 Å². The van der Waals surface area contributed by atoms with Gasteiger partial charge in [0.25, 0.3) is 5.91 Å². The van der Waals surface area contributed by atoms with Gasteiger partial charge in [0.05, 0.1) is 5.69 Å². The number of nitrogens with zero attached hydrogens (tertiary/aromatic N) is 5. The molecule has 1 saturated heterocycles. The number of piperidine rings is 1. The van der Waals surface area contributed by atoms with Crippen LogP contribution in [0.3, 0.4) is 0 Å². The maximum absolute atomic E-state index is 12.7. The molecule has 3 rings (SSSR count). The molecule has 0 aliphatic carbocycles. The molecule has 2 atom stereocenters. The number of carbonyl (C=O) groups excluding carboxylic acids is 1. The number of hydrogen-bond acceptors (Lipinski definition) is 5. The Morgan fingerprint density at radius 2 is 2.14 bits per heavy atom. The highest BCUT2D eigenvalue weighted by molar-refractivity contribution is 5.94. The van der Waals surface area contributed by atoms with Crippen molar-refractivity contribution < 1.29 is 4.79 Å². The summed E-state index contributed by atoms with van der Waals surface area (Å²) in [7, 11) is 0. The van der Waals surface area contributed by atoms with Gasteiger partial charge in [0.1, 0.15) is 6.33 Å². The van der Waals surface area contributed by atoms with Gasteiger partial charge in [-0.05, 0) is 53.5 Å². The molecular weight excluding hydrogens is 280 g/mol. The molecule has 1 fully saturated rings. The van der Waals surface area contributed by atoms with Crippen molar-refractivity contribution in [3.8, 4) is 5.69 Å². The topological polar surface area (TPSA) is 89.9 Å². The molecule has 7 heteroatoms. The van der Waals surface area contributed by atoms with E-state index in [0.29, 0.717) is 18.0 Å². The highest BCUT2D eigenvalue weighted by Gasteiger charge is 2.29. The molecule has 2 aromatic rings. The van der Waals surface area contributed by atoms with Gasteiger partial charge in [-0.3, -0.25) is 4.79 Å². The van der Waals surface area contributed by atoms with Crippen molar-refractivity contribution in [1.82, 2.24) is 25.1 Å². The summed E-state index contributed by atoms with van der Waals surface area (Å²) in [6.07, 6.45) is 3.53. The highest BCUT2D eigenvalue weighted by atomic mass is 16.2. The largest absolute Gasteiger partial charge is 0.334 e. The van der Waals surface area contributed by atoms with Crippen LogP contribution in [0.1, 0.15) is 30.1 Å². The molecule has 1 aromatic heterocycles. The Balaban J connectivity index is 1.77. The van der Waals surface area contributed by atoms with Crippen LogP contribution in [0, 0.1) is 5.92 Å². The standard InChI is InChI=1S/C15H20N6O/c1-11-6-7-20(14(8-11)9-16)15(22)12-2-4-13(5-3-12)21-10-17-18-19-21/h2-5,10-11,14H,6-9,16H2,1H3.